The van der Waals surface area contributed by atoms with E-state index < -0.39 is 11.5 Å². The molecule has 0 aromatic heterocycles. The van der Waals surface area contributed by atoms with Crippen LogP contribution in [0, 0.1) is 11.3 Å². The molecule has 1 aliphatic heterocycles. The lowest BCUT2D eigenvalue weighted by molar-refractivity contribution is -0.135. The number of nitriles is 1. The molecule has 0 unspecified atom stereocenters. The minimum Gasteiger partial charge on any atom is -0.375 e. The SMILES string of the molecule is CCc1ccc(C(=O)C[C@@]2(O)C(=O)N(CCCC#N)c3ccccc32)cc1. The van der Waals surface area contributed by atoms with Gasteiger partial charge in [0, 0.05) is 24.1 Å². The van der Waals surface area contributed by atoms with Gasteiger partial charge in [-0.15, -0.1) is 0 Å². The molecular formula is C22H22N2O3. The van der Waals surface area contributed by atoms with E-state index in [4.69, 9.17) is 5.26 Å². The second-order valence-electron chi connectivity index (χ2n) is 6.75. The maximum atomic E-state index is 13.0. The zero-order valence-electron chi connectivity index (χ0n) is 15.3. The van der Waals surface area contributed by atoms with Crippen LogP contribution in [-0.4, -0.2) is 23.3 Å². The Bertz CT molecular complexity index is 899. The molecule has 5 heteroatoms. The lowest BCUT2D eigenvalue weighted by Crippen LogP contribution is -2.42. The normalized spacial score (nSPS) is 18.3. The predicted molar refractivity (Wildman–Crippen MR) is 102 cm³/mol. The van der Waals surface area contributed by atoms with E-state index in [0.717, 1.165) is 12.0 Å². The zero-order valence-corrected chi connectivity index (χ0v) is 15.3. The maximum Gasteiger partial charge on any atom is 0.264 e. The van der Waals surface area contributed by atoms with Gasteiger partial charge in [0.25, 0.3) is 5.91 Å². The van der Waals surface area contributed by atoms with Crippen LogP contribution in [0.25, 0.3) is 0 Å². The number of fused-ring (bicyclic) bond motifs is 1. The molecule has 138 valence electrons. The van der Waals surface area contributed by atoms with E-state index in [0.29, 0.717) is 36.2 Å². The molecule has 0 bridgehead atoms. The van der Waals surface area contributed by atoms with E-state index in [9.17, 15) is 14.7 Å². The summed E-state index contributed by atoms with van der Waals surface area (Å²) in [5.41, 5.74) is 0.789. The summed E-state index contributed by atoms with van der Waals surface area (Å²) in [5, 5.41) is 19.9. The van der Waals surface area contributed by atoms with Crippen molar-refractivity contribution in [1.29, 1.82) is 5.26 Å². The Labute approximate surface area is 158 Å². The average Bonchev–Trinajstić information content (AvgIpc) is 2.90. The Morgan fingerprint density at radius 3 is 2.56 bits per heavy atom. The van der Waals surface area contributed by atoms with Gasteiger partial charge in [-0.2, -0.15) is 5.26 Å². The molecule has 1 N–H and O–H groups in total. The molecule has 2 aromatic carbocycles. The van der Waals surface area contributed by atoms with E-state index in [-0.39, 0.29) is 12.2 Å². The second-order valence-corrected chi connectivity index (χ2v) is 6.75. The fourth-order valence-corrected chi connectivity index (χ4v) is 3.48. The lowest BCUT2D eigenvalue weighted by atomic mass is 9.88. The number of benzene rings is 2. The number of hydrogen-bond acceptors (Lipinski definition) is 4. The molecular weight excluding hydrogens is 340 g/mol. The van der Waals surface area contributed by atoms with E-state index in [1.165, 1.54) is 4.90 Å². The molecule has 1 amide bonds. The smallest absolute Gasteiger partial charge is 0.264 e. The van der Waals surface area contributed by atoms with E-state index in [2.05, 4.69) is 6.07 Å². The summed E-state index contributed by atoms with van der Waals surface area (Å²) in [6, 6.07) is 16.3. The Balaban J connectivity index is 1.88. The van der Waals surface area contributed by atoms with Crippen molar-refractivity contribution in [1.82, 2.24) is 0 Å². The van der Waals surface area contributed by atoms with Crippen molar-refractivity contribution < 1.29 is 14.7 Å². The van der Waals surface area contributed by atoms with Gasteiger partial charge in [0.05, 0.1) is 18.2 Å². The van der Waals surface area contributed by atoms with Crippen LogP contribution in [0.5, 0.6) is 0 Å². The molecule has 3 rings (SSSR count). The number of aryl methyl sites for hydroxylation is 1. The largest absolute Gasteiger partial charge is 0.375 e. The van der Waals surface area contributed by atoms with Gasteiger partial charge in [-0.05, 0) is 24.5 Å². The van der Waals surface area contributed by atoms with Crippen LogP contribution in [0.1, 0.15) is 47.7 Å². The molecule has 5 nitrogen and oxygen atoms in total. The molecule has 0 radical (unpaired) electrons. The monoisotopic (exact) mass is 362 g/mol. The minimum atomic E-state index is -1.87. The van der Waals surface area contributed by atoms with Crippen LogP contribution in [0.2, 0.25) is 0 Å². The molecule has 0 spiro atoms. The first-order chi connectivity index (χ1) is 13.0. The number of amides is 1. The van der Waals surface area contributed by atoms with Gasteiger partial charge in [-0.3, -0.25) is 9.59 Å². The number of Topliss-reactive ketones (excluding diaryl/α,β-unsaturated/α-hetero) is 1. The molecule has 1 heterocycles. The molecule has 0 saturated carbocycles. The van der Waals surface area contributed by atoms with Gasteiger partial charge >= 0.3 is 0 Å². The van der Waals surface area contributed by atoms with Gasteiger partial charge < -0.3 is 10.0 Å². The van der Waals surface area contributed by atoms with Crippen molar-refractivity contribution >= 4 is 17.4 Å². The third kappa shape index (κ3) is 3.49. The van der Waals surface area contributed by atoms with Crippen LogP contribution >= 0.6 is 0 Å². The number of unbranched alkanes of at least 4 members (excludes halogenated alkanes) is 1. The Kier molecular flexibility index (Phi) is 5.38. The summed E-state index contributed by atoms with van der Waals surface area (Å²) in [6.45, 7) is 2.37. The third-order valence-electron chi connectivity index (χ3n) is 5.01. The highest BCUT2D eigenvalue weighted by atomic mass is 16.3. The summed E-state index contributed by atoms with van der Waals surface area (Å²) < 4.78 is 0. The van der Waals surface area contributed by atoms with Crippen molar-refractivity contribution in [3.8, 4) is 6.07 Å². The van der Waals surface area contributed by atoms with Crippen LogP contribution < -0.4 is 4.90 Å². The number of aliphatic hydroxyl groups is 1. The van der Waals surface area contributed by atoms with Gasteiger partial charge in [-0.1, -0.05) is 49.4 Å². The topological polar surface area (TPSA) is 81.4 Å². The Hall–Kier alpha value is -2.97. The summed E-state index contributed by atoms with van der Waals surface area (Å²) in [5.74, 6) is -0.776. The van der Waals surface area contributed by atoms with E-state index in [1.54, 1.807) is 36.4 Å². The number of anilines is 1. The molecule has 0 saturated heterocycles. The quantitative estimate of drug-likeness (QED) is 0.605. The summed E-state index contributed by atoms with van der Waals surface area (Å²) >= 11 is 0. The first-order valence-corrected chi connectivity index (χ1v) is 9.14. The minimum absolute atomic E-state index is 0.276. The van der Waals surface area contributed by atoms with Gasteiger partial charge in [0.2, 0.25) is 0 Å². The number of ketones is 1. The number of carbonyl (C=O) groups is 2. The van der Waals surface area contributed by atoms with Crippen LogP contribution in [0.4, 0.5) is 5.69 Å². The van der Waals surface area contributed by atoms with Gasteiger partial charge in [0.15, 0.2) is 11.4 Å². The molecule has 2 aromatic rings. The third-order valence-corrected chi connectivity index (χ3v) is 5.01. The fraction of sp³-hybridized carbons (Fsp3) is 0.318. The number of rotatable bonds is 7. The van der Waals surface area contributed by atoms with Crippen molar-refractivity contribution in [3.63, 3.8) is 0 Å². The molecule has 0 aliphatic carbocycles. The van der Waals surface area contributed by atoms with E-state index >= 15 is 0 Å². The van der Waals surface area contributed by atoms with Crippen molar-refractivity contribution in [2.24, 2.45) is 0 Å². The van der Waals surface area contributed by atoms with Crippen LogP contribution in [0.3, 0.4) is 0 Å². The summed E-state index contributed by atoms with van der Waals surface area (Å²) in [6.07, 6.45) is 1.41. The maximum absolute atomic E-state index is 13.0. The van der Waals surface area contributed by atoms with Crippen LogP contribution in [-0.2, 0) is 16.8 Å². The highest BCUT2D eigenvalue weighted by Gasteiger charge is 2.50. The highest BCUT2D eigenvalue weighted by molar-refractivity contribution is 6.10. The molecule has 1 aliphatic rings. The standard InChI is InChI=1S/C22H22N2O3/c1-2-16-9-11-17(12-10-16)20(25)15-22(27)18-7-3-4-8-19(18)24(21(22)26)14-6-5-13-23/h3-4,7-12,27H,2,5-6,14-15H2,1H3/t22-/m0/s1. The first kappa shape index (κ1) is 18.8. The number of nitrogens with zero attached hydrogens (tertiary/aromatic N) is 2. The zero-order chi connectivity index (χ0) is 19.4. The number of para-hydroxylation sites is 1. The predicted octanol–water partition coefficient (Wildman–Crippen LogP) is 3.36. The lowest BCUT2D eigenvalue weighted by Gasteiger charge is -2.22. The number of hydrogen-bond donors (Lipinski definition) is 1. The Morgan fingerprint density at radius 2 is 1.89 bits per heavy atom. The molecule has 0 fully saturated rings. The van der Waals surface area contributed by atoms with Crippen molar-refractivity contribution in [2.75, 3.05) is 11.4 Å². The van der Waals surface area contributed by atoms with E-state index in [1.807, 2.05) is 19.1 Å². The second kappa shape index (κ2) is 7.73. The van der Waals surface area contributed by atoms with Gasteiger partial charge in [-0.25, -0.2) is 0 Å². The van der Waals surface area contributed by atoms with Crippen molar-refractivity contribution in [2.45, 2.75) is 38.2 Å². The number of carbonyl (C=O) groups excluding carboxylic acids is 2. The van der Waals surface area contributed by atoms with Crippen molar-refractivity contribution in [3.05, 3.63) is 65.2 Å². The highest BCUT2D eigenvalue weighted by Crippen LogP contribution is 2.42. The molecule has 1 atom stereocenters. The average molecular weight is 362 g/mol. The summed E-state index contributed by atoms with van der Waals surface area (Å²) in [7, 11) is 0. The summed E-state index contributed by atoms with van der Waals surface area (Å²) in [4.78, 5) is 27.2. The fourth-order valence-electron chi connectivity index (χ4n) is 3.48. The Morgan fingerprint density at radius 1 is 1.19 bits per heavy atom. The van der Waals surface area contributed by atoms with Gasteiger partial charge in [0.1, 0.15) is 0 Å². The molecule has 27 heavy (non-hydrogen) atoms. The van der Waals surface area contributed by atoms with Crippen LogP contribution in [0.15, 0.2) is 48.5 Å². The first-order valence-electron chi connectivity index (χ1n) is 9.14.